The monoisotopic (exact) mass is 309 g/mol. The largest absolute Gasteiger partial charge is 0.389 e. The Hall–Kier alpha value is -2.42. The van der Waals surface area contributed by atoms with E-state index in [-0.39, 0.29) is 0 Å². The van der Waals surface area contributed by atoms with E-state index in [0.717, 1.165) is 48.4 Å². The molecule has 1 aromatic carbocycles. The van der Waals surface area contributed by atoms with Gasteiger partial charge in [-0.25, -0.2) is 0 Å². The smallest absolute Gasteiger partial charge is 0.0367 e. The number of allylic oxidation sites excluding steroid dienone is 3. The molecule has 0 fully saturated rings. The highest BCUT2D eigenvalue weighted by Crippen LogP contribution is 2.15. The van der Waals surface area contributed by atoms with Gasteiger partial charge in [-0.15, -0.1) is 0 Å². The lowest BCUT2D eigenvalue weighted by Crippen LogP contribution is -2.13. The minimum Gasteiger partial charge on any atom is -0.389 e. The van der Waals surface area contributed by atoms with E-state index in [4.69, 9.17) is 5.41 Å². The number of nitrogens with zero attached hydrogens (tertiary/aromatic N) is 1. The van der Waals surface area contributed by atoms with Crippen LogP contribution in [0.3, 0.4) is 0 Å². The summed E-state index contributed by atoms with van der Waals surface area (Å²) < 4.78 is 0. The van der Waals surface area contributed by atoms with Gasteiger partial charge in [-0.2, -0.15) is 0 Å². The third-order valence-corrected chi connectivity index (χ3v) is 3.56. The van der Waals surface area contributed by atoms with Crippen LogP contribution < -0.4 is 5.32 Å². The molecule has 0 spiro atoms. The Morgan fingerprint density at radius 3 is 2.83 bits per heavy atom. The Morgan fingerprint density at radius 2 is 2.17 bits per heavy atom. The number of benzene rings is 1. The molecule has 0 heterocycles. The maximum absolute atomic E-state index is 7.60. The highest BCUT2D eigenvalue weighted by atomic mass is 14.9. The zero-order valence-electron chi connectivity index (χ0n) is 14.2. The summed E-state index contributed by atoms with van der Waals surface area (Å²) in [6, 6.07) is 8.29. The number of hydrogen-bond donors (Lipinski definition) is 2. The maximum Gasteiger partial charge on any atom is 0.0367 e. The molecule has 0 radical (unpaired) electrons. The number of aliphatic imine (C=N–C) groups is 1. The van der Waals surface area contributed by atoms with Crippen LogP contribution in [0, 0.1) is 5.41 Å². The summed E-state index contributed by atoms with van der Waals surface area (Å²) in [4.78, 5) is 4.29. The molecule has 2 N–H and O–H groups in total. The lowest BCUT2D eigenvalue weighted by Gasteiger charge is -2.08. The van der Waals surface area contributed by atoms with Crippen LogP contribution in [0.25, 0.3) is 5.57 Å². The van der Waals surface area contributed by atoms with Gasteiger partial charge in [-0.05, 0) is 43.4 Å². The van der Waals surface area contributed by atoms with Crippen molar-refractivity contribution in [2.45, 2.75) is 33.1 Å². The van der Waals surface area contributed by atoms with Crippen LogP contribution in [0.4, 0.5) is 0 Å². The van der Waals surface area contributed by atoms with Crippen LogP contribution in [-0.2, 0) is 6.42 Å². The SMILES string of the molecule is C=CC(C)=NC=C(C=N)c1cccc(CCCNC(=C)CC)c1. The Bertz CT molecular complexity index is 609. The van der Waals surface area contributed by atoms with Crippen molar-refractivity contribution in [2.24, 2.45) is 4.99 Å². The van der Waals surface area contributed by atoms with Crippen molar-refractivity contribution < 1.29 is 0 Å². The minimum absolute atomic E-state index is 0.797. The quantitative estimate of drug-likeness (QED) is 0.474. The second kappa shape index (κ2) is 10.3. The fourth-order valence-corrected chi connectivity index (χ4v) is 2.01. The number of hydrogen-bond acceptors (Lipinski definition) is 3. The molecule has 3 heteroatoms. The van der Waals surface area contributed by atoms with Gasteiger partial charge in [0, 0.05) is 35.9 Å². The van der Waals surface area contributed by atoms with Gasteiger partial charge in [0.25, 0.3) is 0 Å². The van der Waals surface area contributed by atoms with Gasteiger partial charge in [0.15, 0.2) is 0 Å². The maximum atomic E-state index is 7.60. The summed E-state index contributed by atoms with van der Waals surface area (Å²) >= 11 is 0. The molecule has 0 saturated heterocycles. The van der Waals surface area contributed by atoms with Gasteiger partial charge >= 0.3 is 0 Å². The molecule has 0 saturated carbocycles. The summed E-state index contributed by atoms with van der Waals surface area (Å²) in [6.07, 6.45) is 7.78. The Balaban J connectivity index is 2.73. The van der Waals surface area contributed by atoms with Gasteiger partial charge in [0.2, 0.25) is 0 Å². The molecule has 23 heavy (non-hydrogen) atoms. The van der Waals surface area contributed by atoms with Crippen LogP contribution in [0.2, 0.25) is 0 Å². The normalized spacial score (nSPS) is 11.9. The first-order valence-electron chi connectivity index (χ1n) is 7.99. The van der Waals surface area contributed by atoms with Crippen LogP contribution >= 0.6 is 0 Å². The topological polar surface area (TPSA) is 48.2 Å². The average Bonchev–Trinajstić information content (AvgIpc) is 2.59. The molecule has 0 amide bonds. The van der Waals surface area contributed by atoms with Crippen molar-refractivity contribution >= 4 is 17.5 Å². The molecule has 0 bridgehead atoms. The third kappa shape index (κ3) is 6.92. The van der Waals surface area contributed by atoms with E-state index in [2.05, 4.69) is 42.5 Å². The molecule has 0 unspecified atom stereocenters. The standard InChI is InChI=1S/C20H27N3/c1-5-16(3)22-12-8-10-18-9-7-11-19(13-18)20(14-21)15-23-17(4)6-2/h6-7,9,11,13-15,21-22H,2-3,5,8,10,12H2,1,4H3. The number of aryl methyl sites for hydroxylation is 1. The number of nitrogens with one attached hydrogen (secondary N) is 2. The Morgan fingerprint density at radius 1 is 1.39 bits per heavy atom. The van der Waals surface area contributed by atoms with E-state index in [0.29, 0.717) is 0 Å². The number of rotatable bonds is 10. The summed E-state index contributed by atoms with van der Waals surface area (Å²) in [7, 11) is 0. The lowest BCUT2D eigenvalue weighted by atomic mass is 10.0. The first-order valence-corrected chi connectivity index (χ1v) is 7.99. The fraction of sp³-hybridized carbons (Fsp3) is 0.300. The summed E-state index contributed by atoms with van der Waals surface area (Å²) in [6.45, 7) is 12.5. The lowest BCUT2D eigenvalue weighted by molar-refractivity contribution is 0.708. The Labute approximate surface area is 140 Å². The molecule has 0 aliphatic heterocycles. The summed E-state index contributed by atoms with van der Waals surface area (Å²) in [5.41, 5.74) is 5.00. The molecule has 3 nitrogen and oxygen atoms in total. The Kier molecular flexibility index (Phi) is 8.37. The highest BCUT2D eigenvalue weighted by molar-refractivity contribution is 6.08. The molecule has 0 aromatic heterocycles. The van der Waals surface area contributed by atoms with Crippen molar-refractivity contribution in [3.05, 3.63) is 66.5 Å². The zero-order valence-corrected chi connectivity index (χ0v) is 14.2. The second-order valence-electron chi connectivity index (χ2n) is 5.39. The van der Waals surface area contributed by atoms with E-state index >= 15 is 0 Å². The molecule has 0 aliphatic carbocycles. The zero-order chi connectivity index (χ0) is 17.1. The molecule has 0 atom stereocenters. The average molecular weight is 309 g/mol. The van der Waals surface area contributed by atoms with Gasteiger partial charge in [0.05, 0.1) is 0 Å². The van der Waals surface area contributed by atoms with Crippen LogP contribution in [0.5, 0.6) is 0 Å². The van der Waals surface area contributed by atoms with Gasteiger partial charge in [0.1, 0.15) is 0 Å². The minimum atomic E-state index is 0.797. The van der Waals surface area contributed by atoms with E-state index < -0.39 is 0 Å². The van der Waals surface area contributed by atoms with Crippen molar-refractivity contribution in [3.8, 4) is 0 Å². The predicted octanol–water partition coefficient (Wildman–Crippen LogP) is 4.77. The molecule has 122 valence electrons. The molecule has 1 rings (SSSR count). The van der Waals surface area contributed by atoms with Crippen molar-refractivity contribution in [2.75, 3.05) is 6.54 Å². The molecule has 1 aromatic rings. The third-order valence-electron chi connectivity index (χ3n) is 3.56. The molecular formula is C20H27N3. The van der Waals surface area contributed by atoms with Crippen molar-refractivity contribution in [3.63, 3.8) is 0 Å². The molecular weight excluding hydrogens is 282 g/mol. The first-order chi connectivity index (χ1) is 11.1. The summed E-state index contributed by atoms with van der Waals surface area (Å²) in [5.74, 6) is 0. The van der Waals surface area contributed by atoms with Gasteiger partial charge < -0.3 is 10.7 Å². The summed E-state index contributed by atoms with van der Waals surface area (Å²) in [5, 5.41) is 10.9. The van der Waals surface area contributed by atoms with Crippen LogP contribution in [-0.4, -0.2) is 18.5 Å². The van der Waals surface area contributed by atoms with E-state index in [9.17, 15) is 0 Å². The predicted molar refractivity (Wildman–Crippen MR) is 102 cm³/mol. The first kappa shape index (κ1) is 18.6. The van der Waals surface area contributed by atoms with Gasteiger partial charge in [-0.1, -0.05) is 44.3 Å². The van der Waals surface area contributed by atoms with Gasteiger partial charge in [-0.3, -0.25) is 4.99 Å². The van der Waals surface area contributed by atoms with E-state index in [1.165, 1.54) is 11.8 Å². The van der Waals surface area contributed by atoms with Crippen molar-refractivity contribution in [1.29, 1.82) is 5.41 Å². The highest BCUT2D eigenvalue weighted by Gasteiger charge is 2.01. The van der Waals surface area contributed by atoms with E-state index in [1.807, 2.05) is 19.1 Å². The van der Waals surface area contributed by atoms with Crippen molar-refractivity contribution in [1.82, 2.24) is 5.32 Å². The fourth-order valence-electron chi connectivity index (χ4n) is 2.01. The second-order valence-corrected chi connectivity index (χ2v) is 5.39. The van der Waals surface area contributed by atoms with Crippen LogP contribution in [0.15, 0.2) is 60.4 Å². The van der Waals surface area contributed by atoms with E-state index in [1.54, 1.807) is 12.3 Å². The molecule has 0 aliphatic rings. The van der Waals surface area contributed by atoms with Crippen LogP contribution in [0.1, 0.15) is 37.8 Å².